The summed E-state index contributed by atoms with van der Waals surface area (Å²) < 4.78 is 0. The molecule has 0 aliphatic heterocycles. The van der Waals surface area contributed by atoms with Gasteiger partial charge in [0.2, 0.25) is 5.91 Å². The number of nitrogens with zero attached hydrogens (tertiary/aromatic N) is 1. The highest BCUT2D eigenvalue weighted by atomic mass is 35.5. The average molecular weight is 255 g/mol. The van der Waals surface area contributed by atoms with Gasteiger partial charge in [0.1, 0.15) is 0 Å². The Morgan fingerprint density at radius 3 is 2.41 bits per heavy atom. The number of rotatable bonds is 4. The number of hydrogen-bond donors (Lipinski definition) is 1. The van der Waals surface area contributed by atoms with Crippen LogP contribution in [0.15, 0.2) is 24.3 Å². The minimum atomic E-state index is -0.226. The van der Waals surface area contributed by atoms with Gasteiger partial charge in [0, 0.05) is 25.2 Å². The predicted octanol–water partition coefficient (Wildman–Crippen LogP) is 2.47. The normalized spacial score (nSPS) is 14.2. The van der Waals surface area contributed by atoms with Gasteiger partial charge in [-0.05, 0) is 25.5 Å². The van der Waals surface area contributed by atoms with E-state index in [-0.39, 0.29) is 18.0 Å². The van der Waals surface area contributed by atoms with Gasteiger partial charge in [-0.1, -0.05) is 29.8 Å². The number of nitrogens with one attached hydrogen (secondary N) is 1. The van der Waals surface area contributed by atoms with Crippen molar-refractivity contribution in [2.24, 2.45) is 0 Å². The van der Waals surface area contributed by atoms with Crippen molar-refractivity contribution in [3.63, 3.8) is 0 Å². The molecule has 0 fully saturated rings. The number of carbonyl (C=O) groups is 1. The van der Waals surface area contributed by atoms with Crippen molar-refractivity contribution in [2.75, 3.05) is 14.1 Å². The van der Waals surface area contributed by atoms with E-state index in [2.05, 4.69) is 5.32 Å². The van der Waals surface area contributed by atoms with E-state index in [1.165, 1.54) is 0 Å². The fourth-order valence-electron chi connectivity index (χ4n) is 1.75. The highest BCUT2D eigenvalue weighted by Crippen LogP contribution is 2.22. The fourth-order valence-corrected chi connectivity index (χ4v) is 2.05. The molecule has 0 heterocycles. The molecule has 1 rings (SSSR count). The molecule has 3 nitrogen and oxygen atoms in total. The van der Waals surface area contributed by atoms with Crippen molar-refractivity contribution in [3.8, 4) is 0 Å². The quantitative estimate of drug-likeness (QED) is 0.895. The van der Waals surface area contributed by atoms with E-state index in [0.29, 0.717) is 0 Å². The molecule has 0 aliphatic rings. The first-order valence-electron chi connectivity index (χ1n) is 5.65. The summed E-state index contributed by atoms with van der Waals surface area (Å²) in [6.45, 7) is 3.86. The first kappa shape index (κ1) is 14.0. The zero-order valence-electron chi connectivity index (χ0n) is 10.7. The second kappa shape index (κ2) is 6.03. The Labute approximate surface area is 108 Å². The molecule has 0 radical (unpaired) electrons. The summed E-state index contributed by atoms with van der Waals surface area (Å²) in [6, 6.07) is 7.48. The Bertz CT molecular complexity index is 393. The van der Waals surface area contributed by atoms with Crippen molar-refractivity contribution in [1.29, 1.82) is 0 Å². The Balaban J connectivity index is 2.70. The van der Waals surface area contributed by atoms with Crippen LogP contribution >= 0.6 is 11.6 Å². The van der Waals surface area contributed by atoms with Crippen LogP contribution in [0.4, 0.5) is 0 Å². The third-order valence-electron chi connectivity index (χ3n) is 2.68. The zero-order valence-corrected chi connectivity index (χ0v) is 11.5. The maximum absolute atomic E-state index is 11.7. The van der Waals surface area contributed by atoms with E-state index in [1.807, 2.05) is 38.1 Å². The van der Waals surface area contributed by atoms with Crippen LogP contribution in [0.5, 0.6) is 0 Å². The molecule has 0 aromatic heterocycles. The Kier molecular flexibility index (Phi) is 4.97. The molecule has 2 atom stereocenters. The Hall–Kier alpha value is -1.06. The molecule has 0 saturated heterocycles. The van der Waals surface area contributed by atoms with E-state index < -0.39 is 0 Å². The Morgan fingerprint density at radius 1 is 1.29 bits per heavy atom. The lowest BCUT2D eigenvalue weighted by molar-refractivity contribution is -0.130. The largest absolute Gasteiger partial charge is 0.347 e. The molecule has 1 unspecified atom stereocenters. The number of hydrogen-bond acceptors (Lipinski definition) is 2. The second-order valence-corrected chi connectivity index (χ2v) is 4.77. The van der Waals surface area contributed by atoms with Crippen LogP contribution in [0.2, 0.25) is 5.02 Å². The van der Waals surface area contributed by atoms with Crippen LogP contribution in [0.3, 0.4) is 0 Å². The van der Waals surface area contributed by atoms with Gasteiger partial charge in [0.15, 0.2) is 0 Å². The van der Waals surface area contributed by atoms with E-state index in [9.17, 15) is 4.79 Å². The molecule has 0 saturated carbocycles. The van der Waals surface area contributed by atoms with Crippen LogP contribution in [0.25, 0.3) is 0 Å². The van der Waals surface area contributed by atoms with Gasteiger partial charge < -0.3 is 4.90 Å². The molecule has 1 N–H and O–H groups in total. The first-order chi connectivity index (χ1) is 7.93. The van der Waals surface area contributed by atoms with Crippen molar-refractivity contribution < 1.29 is 4.79 Å². The summed E-state index contributed by atoms with van der Waals surface area (Å²) in [5, 5.41) is 3.96. The van der Waals surface area contributed by atoms with Crippen LogP contribution < -0.4 is 5.32 Å². The van der Waals surface area contributed by atoms with Gasteiger partial charge in [0.25, 0.3) is 0 Å². The molecule has 1 aromatic rings. The summed E-state index contributed by atoms with van der Waals surface area (Å²) in [6.07, 6.45) is 0. The highest BCUT2D eigenvalue weighted by molar-refractivity contribution is 6.31. The third-order valence-corrected chi connectivity index (χ3v) is 3.03. The molecule has 94 valence electrons. The summed E-state index contributed by atoms with van der Waals surface area (Å²) in [7, 11) is 3.50. The standard InChI is InChI=1S/C13H19ClN2O/c1-9(11-7-5-6-8-12(11)14)15-10(2)13(17)16(3)4/h5-10,15H,1-4H3/t9-,10?/m1/s1. The molecule has 0 aliphatic carbocycles. The van der Waals surface area contributed by atoms with Crippen molar-refractivity contribution in [2.45, 2.75) is 25.9 Å². The lowest BCUT2D eigenvalue weighted by Gasteiger charge is -2.23. The summed E-state index contributed by atoms with van der Waals surface area (Å²) in [5.41, 5.74) is 1.01. The topological polar surface area (TPSA) is 32.3 Å². The van der Waals surface area contributed by atoms with Crippen LogP contribution in [0.1, 0.15) is 25.5 Å². The van der Waals surface area contributed by atoms with E-state index in [1.54, 1.807) is 19.0 Å². The maximum Gasteiger partial charge on any atom is 0.238 e. The lowest BCUT2D eigenvalue weighted by Crippen LogP contribution is -2.42. The van der Waals surface area contributed by atoms with Gasteiger partial charge in [0.05, 0.1) is 6.04 Å². The summed E-state index contributed by atoms with van der Waals surface area (Å²) in [5.74, 6) is 0.0592. The molecule has 4 heteroatoms. The van der Waals surface area contributed by atoms with Crippen LogP contribution in [0, 0.1) is 0 Å². The summed E-state index contributed by atoms with van der Waals surface area (Å²) >= 11 is 6.11. The van der Waals surface area contributed by atoms with Crippen molar-refractivity contribution in [3.05, 3.63) is 34.9 Å². The van der Waals surface area contributed by atoms with Gasteiger partial charge in [-0.2, -0.15) is 0 Å². The van der Waals surface area contributed by atoms with Crippen LogP contribution in [-0.4, -0.2) is 30.9 Å². The lowest BCUT2D eigenvalue weighted by atomic mass is 10.1. The van der Waals surface area contributed by atoms with Gasteiger partial charge in [-0.3, -0.25) is 10.1 Å². The van der Waals surface area contributed by atoms with Crippen molar-refractivity contribution >= 4 is 17.5 Å². The number of likely N-dealkylation sites (N-methyl/N-ethyl adjacent to an activating group) is 1. The maximum atomic E-state index is 11.7. The number of amides is 1. The average Bonchev–Trinajstić information content (AvgIpc) is 2.28. The number of carbonyl (C=O) groups excluding carboxylic acids is 1. The second-order valence-electron chi connectivity index (χ2n) is 4.36. The number of benzene rings is 1. The number of halogens is 1. The van der Waals surface area contributed by atoms with E-state index in [0.717, 1.165) is 10.6 Å². The molecule has 1 aromatic carbocycles. The van der Waals surface area contributed by atoms with E-state index in [4.69, 9.17) is 11.6 Å². The zero-order chi connectivity index (χ0) is 13.0. The van der Waals surface area contributed by atoms with Crippen molar-refractivity contribution in [1.82, 2.24) is 10.2 Å². The molecule has 1 amide bonds. The molecule has 0 spiro atoms. The third kappa shape index (κ3) is 3.72. The summed E-state index contributed by atoms with van der Waals surface area (Å²) in [4.78, 5) is 13.3. The fraction of sp³-hybridized carbons (Fsp3) is 0.462. The van der Waals surface area contributed by atoms with Gasteiger partial charge >= 0.3 is 0 Å². The monoisotopic (exact) mass is 254 g/mol. The predicted molar refractivity (Wildman–Crippen MR) is 71.2 cm³/mol. The molecule has 0 bridgehead atoms. The first-order valence-corrected chi connectivity index (χ1v) is 6.03. The molecular weight excluding hydrogens is 236 g/mol. The van der Waals surface area contributed by atoms with Crippen LogP contribution in [-0.2, 0) is 4.79 Å². The SMILES string of the molecule is CC(N[C@H](C)c1ccccc1Cl)C(=O)N(C)C. The van der Waals surface area contributed by atoms with E-state index >= 15 is 0 Å². The molecule has 17 heavy (non-hydrogen) atoms. The van der Waals surface area contributed by atoms with Gasteiger partial charge in [-0.15, -0.1) is 0 Å². The van der Waals surface area contributed by atoms with Gasteiger partial charge in [-0.25, -0.2) is 0 Å². The molecular formula is C13H19ClN2O. The minimum Gasteiger partial charge on any atom is -0.347 e. The minimum absolute atomic E-state index is 0.0441. The smallest absolute Gasteiger partial charge is 0.238 e. The highest BCUT2D eigenvalue weighted by Gasteiger charge is 2.18. The Morgan fingerprint density at radius 2 is 1.88 bits per heavy atom.